The third-order valence-electron chi connectivity index (χ3n) is 2.35. The molecule has 0 aromatic carbocycles. The Hall–Kier alpha value is -1.67. The van der Waals surface area contributed by atoms with Crippen LogP contribution in [-0.2, 0) is 19.6 Å². The van der Waals surface area contributed by atoms with E-state index in [9.17, 15) is 14.4 Å². The molecule has 0 bridgehead atoms. The zero-order chi connectivity index (χ0) is 13.0. The van der Waals surface area contributed by atoms with Gasteiger partial charge in [0.1, 0.15) is 0 Å². The minimum absolute atomic E-state index is 0.120. The van der Waals surface area contributed by atoms with E-state index in [2.05, 4.69) is 0 Å². The highest BCUT2D eigenvalue weighted by Gasteiger charge is 2.13. The van der Waals surface area contributed by atoms with Gasteiger partial charge in [-0.05, 0) is 6.92 Å². The molecule has 1 rings (SSSR count). The van der Waals surface area contributed by atoms with Crippen LogP contribution in [0.1, 0.15) is 6.92 Å². The molecule has 0 fully saturated rings. The number of hydrogen-bond acceptors (Lipinski definition) is 5. The van der Waals surface area contributed by atoms with Crippen LogP contribution in [0.15, 0.2) is 14.4 Å². The molecule has 0 aliphatic carbocycles. The van der Waals surface area contributed by atoms with Gasteiger partial charge in [-0.3, -0.25) is 0 Å². The maximum atomic E-state index is 11.7. The van der Waals surface area contributed by atoms with Crippen LogP contribution in [0.2, 0.25) is 0 Å². The van der Waals surface area contributed by atoms with Crippen molar-refractivity contribution in [3.8, 4) is 0 Å². The molecular formula is C9H15N3O5. The van der Waals surface area contributed by atoms with Gasteiger partial charge in [-0.15, -0.1) is 0 Å². The van der Waals surface area contributed by atoms with Gasteiger partial charge in [-0.1, -0.05) is 0 Å². The Labute approximate surface area is 96.0 Å². The predicted octanol–water partition coefficient (Wildman–Crippen LogP) is -2.82. The Kier molecular flexibility index (Phi) is 4.41. The first-order valence-corrected chi connectivity index (χ1v) is 5.24. The highest BCUT2D eigenvalue weighted by Crippen LogP contribution is 1.76. The molecule has 0 radical (unpaired) electrons. The molecular weight excluding hydrogens is 230 g/mol. The van der Waals surface area contributed by atoms with Crippen LogP contribution in [0.4, 0.5) is 0 Å². The van der Waals surface area contributed by atoms with Crippen LogP contribution in [0, 0.1) is 0 Å². The summed E-state index contributed by atoms with van der Waals surface area (Å²) in [4.78, 5) is 35.2. The van der Waals surface area contributed by atoms with E-state index in [4.69, 9.17) is 10.2 Å². The third kappa shape index (κ3) is 2.37. The van der Waals surface area contributed by atoms with E-state index >= 15 is 0 Å². The molecule has 0 saturated carbocycles. The highest BCUT2D eigenvalue weighted by atomic mass is 16.3. The van der Waals surface area contributed by atoms with Crippen LogP contribution in [0.25, 0.3) is 0 Å². The van der Waals surface area contributed by atoms with E-state index in [1.807, 2.05) is 0 Å². The van der Waals surface area contributed by atoms with Crippen molar-refractivity contribution in [1.29, 1.82) is 0 Å². The fourth-order valence-corrected chi connectivity index (χ4v) is 1.54. The smallest absolute Gasteiger partial charge is 0.336 e. The van der Waals surface area contributed by atoms with Gasteiger partial charge >= 0.3 is 17.1 Å². The zero-order valence-electron chi connectivity index (χ0n) is 9.50. The van der Waals surface area contributed by atoms with E-state index < -0.39 is 17.1 Å². The van der Waals surface area contributed by atoms with Crippen molar-refractivity contribution >= 4 is 0 Å². The number of hydrogen-bond donors (Lipinski definition) is 2. The fourth-order valence-electron chi connectivity index (χ4n) is 1.54. The van der Waals surface area contributed by atoms with E-state index in [0.29, 0.717) is 0 Å². The lowest BCUT2D eigenvalue weighted by molar-refractivity contribution is 0.251. The fraction of sp³-hybridized carbons (Fsp3) is 0.667. The molecule has 1 aromatic heterocycles. The maximum absolute atomic E-state index is 11.7. The Morgan fingerprint density at radius 2 is 1.18 bits per heavy atom. The van der Waals surface area contributed by atoms with Gasteiger partial charge in [-0.2, -0.15) is 0 Å². The van der Waals surface area contributed by atoms with Crippen LogP contribution >= 0.6 is 0 Å². The second-order valence-electron chi connectivity index (χ2n) is 3.34. The minimum Gasteiger partial charge on any atom is -0.395 e. The van der Waals surface area contributed by atoms with E-state index in [0.717, 1.165) is 13.7 Å². The lowest BCUT2D eigenvalue weighted by Gasteiger charge is -2.11. The van der Waals surface area contributed by atoms with Gasteiger partial charge in [0.15, 0.2) is 0 Å². The molecule has 0 saturated heterocycles. The number of aliphatic hydroxyl groups excluding tert-OH is 2. The van der Waals surface area contributed by atoms with E-state index in [1.165, 1.54) is 0 Å². The van der Waals surface area contributed by atoms with Gasteiger partial charge in [0, 0.05) is 6.54 Å². The molecule has 0 spiro atoms. The molecule has 0 amide bonds. The summed E-state index contributed by atoms with van der Waals surface area (Å²) in [7, 11) is 0. The molecule has 1 heterocycles. The number of aliphatic hydroxyl groups is 2. The summed E-state index contributed by atoms with van der Waals surface area (Å²) in [5.41, 5.74) is -2.30. The van der Waals surface area contributed by atoms with Crippen molar-refractivity contribution in [3.05, 3.63) is 31.5 Å². The first kappa shape index (κ1) is 13.4. The number of nitrogens with zero attached hydrogens (tertiary/aromatic N) is 3. The first-order valence-electron chi connectivity index (χ1n) is 5.24. The molecule has 0 aliphatic heterocycles. The van der Waals surface area contributed by atoms with Crippen molar-refractivity contribution in [3.63, 3.8) is 0 Å². The normalized spacial score (nSPS) is 10.8. The molecule has 8 heteroatoms. The third-order valence-corrected chi connectivity index (χ3v) is 2.35. The molecule has 17 heavy (non-hydrogen) atoms. The highest BCUT2D eigenvalue weighted by molar-refractivity contribution is 4.78. The molecule has 2 N–H and O–H groups in total. The van der Waals surface area contributed by atoms with Gasteiger partial charge < -0.3 is 10.2 Å². The van der Waals surface area contributed by atoms with Gasteiger partial charge in [0.05, 0.1) is 26.3 Å². The topological polar surface area (TPSA) is 106 Å². The summed E-state index contributed by atoms with van der Waals surface area (Å²) in [6.45, 7) is 0.605. The summed E-state index contributed by atoms with van der Waals surface area (Å²) in [5, 5.41) is 17.6. The molecule has 0 unspecified atom stereocenters. The Balaban J connectivity index is 3.64. The Morgan fingerprint density at radius 1 is 0.824 bits per heavy atom. The standard InChI is InChI=1S/C9H15N3O5/c1-2-10-7(15)11(3-5-13)9(17)12(4-6-14)8(10)16/h13-14H,2-6H2,1H3. The SMILES string of the molecule is CCn1c(=O)n(CCO)c(=O)n(CCO)c1=O. The molecule has 96 valence electrons. The van der Waals surface area contributed by atoms with Crippen molar-refractivity contribution in [2.24, 2.45) is 0 Å². The Morgan fingerprint density at radius 3 is 1.47 bits per heavy atom. The summed E-state index contributed by atoms with van der Waals surface area (Å²) >= 11 is 0. The van der Waals surface area contributed by atoms with Crippen molar-refractivity contribution in [1.82, 2.24) is 13.7 Å². The molecule has 8 nitrogen and oxygen atoms in total. The second-order valence-corrected chi connectivity index (χ2v) is 3.34. The lowest BCUT2D eigenvalue weighted by Crippen LogP contribution is -2.55. The molecule has 0 aliphatic rings. The number of aromatic nitrogens is 3. The zero-order valence-corrected chi connectivity index (χ0v) is 9.50. The van der Waals surface area contributed by atoms with Crippen molar-refractivity contribution < 1.29 is 10.2 Å². The van der Waals surface area contributed by atoms with Crippen LogP contribution in [0.5, 0.6) is 0 Å². The van der Waals surface area contributed by atoms with Crippen molar-refractivity contribution in [2.75, 3.05) is 13.2 Å². The van der Waals surface area contributed by atoms with Gasteiger partial charge in [-0.25, -0.2) is 28.1 Å². The maximum Gasteiger partial charge on any atom is 0.336 e. The summed E-state index contributed by atoms with van der Waals surface area (Å²) in [6.07, 6.45) is 0. The number of rotatable bonds is 5. The first-order chi connectivity index (χ1) is 8.08. The van der Waals surface area contributed by atoms with Gasteiger partial charge in [0.2, 0.25) is 0 Å². The van der Waals surface area contributed by atoms with E-state index in [1.54, 1.807) is 6.92 Å². The van der Waals surface area contributed by atoms with Crippen LogP contribution in [-0.4, -0.2) is 37.1 Å². The van der Waals surface area contributed by atoms with E-state index in [-0.39, 0.29) is 32.8 Å². The quantitative estimate of drug-likeness (QED) is 0.582. The van der Waals surface area contributed by atoms with Crippen LogP contribution < -0.4 is 17.1 Å². The average molecular weight is 245 g/mol. The minimum atomic E-state index is -0.812. The average Bonchev–Trinajstić information content (AvgIpc) is 2.31. The largest absolute Gasteiger partial charge is 0.395 e. The monoisotopic (exact) mass is 245 g/mol. The lowest BCUT2D eigenvalue weighted by atomic mass is 10.6. The molecule has 1 aromatic rings. The van der Waals surface area contributed by atoms with Gasteiger partial charge in [0.25, 0.3) is 0 Å². The Bertz CT molecular complexity index is 509. The summed E-state index contributed by atoms with van der Waals surface area (Å²) in [6, 6.07) is 0. The second kappa shape index (κ2) is 5.60. The van der Waals surface area contributed by atoms with Crippen molar-refractivity contribution in [2.45, 2.75) is 26.6 Å². The van der Waals surface area contributed by atoms with Crippen LogP contribution in [0.3, 0.4) is 0 Å². The summed E-state index contributed by atoms with van der Waals surface area (Å²) < 4.78 is 2.44. The summed E-state index contributed by atoms with van der Waals surface area (Å²) in [5.74, 6) is 0. The predicted molar refractivity (Wildman–Crippen MR) is 59.1 cm³/mol. The molecule has 0 atom stereocenters.